The Labute approximate surface area is 464 Å². The molecule has 0 saturated carbocycles. The third-order valence-corrected chi connectivity index (χ3v) is 13.2. The lowest BCUT2D eigenvalue weighted by molar-refractivity contribution is 0.0130. The van der Waals surface area contributed by atoms with Crippen molar-refractivity contribution in [2.45, 2.75) is 138 Å². The number of fused-ring (bicyclic) bond motifs is 2. The van der Waals surface area contributed by atoms with Crippen molar-refractivity contribution in [1.29, 1.82) is 10.5 Å². The zero-order valence-corrected chi connectivity index (χ0v) is 46.6. The molecule has 6 heterocycles. The van der Waals surface area contributed by atoms with Crippen LogP contribution in [-0.4, -0.2) is 143 Å². The summed E-state index contributed by atoms with van der Waals surface area (Å²) in [7, 11) is 0. The van der Waals surface area contributed by atoms with Crippen LogP contribution in [-0.2, 0) is 31.8 Å². The number of nitrogens with zero attached hydrogens (tertiary/aromatic N) is 10. The van der Waals surface area contributed by atoms with Crippen molar-refractivity contribution in [2.24, 2.45) is 0 Å². The van der Waals surface area contributed by atoms with Gasteiger partial charge in [-0.2, -0.15) is 10.5 Å². The summed E-state index contributed by atoms with van der Waals surface area (Å²) in [6.07, 6.45) is 0.329. The maximum absolute atomic E-state index is 13.2. The van der Waals surface area contributed by atoms with Crippen LogP contribution in [0.3, 0.4) is 0 Å². The Hall–Kier alpha value is -7.82. The summed E-state index contributed by atoms with van der Waals surface area (Å²) in [5, 5.41) is 30.5. The largest absolute Gasteiger partial charge is 0.444 e. The summed E-state index contributed by atoms with van der Waals surface area (Å²) < 4.78 is 22.7. The van der Waals surface area contributed by atoms with Crippen molar-refractivity contribution in [3.05, 3.63) is 71.0 Å². The van der Waals surface area contributed by atoms with E-state index in [1.54, 1.807) is 34.1 Å². The maximum atomic E-state index is 13.2. The highest BCUT2D eigenvalue weighted by atomic mass is 16.6. The van der Waals surface area contributed by atoms with Crippen LogP contribution in [0, 0.1) is 22.7 Å². The van der Waals surface area contributed by atoms with Crippen LogP contribution in [0.15, 0.2) is 48.5 Å². The van der Waals surface area contributed by atoms with Crippen LogP contribution < -0.4 is 31.1 Å². The Morgan fingerprint density at radius 3 is 1.29 bits per heavy atom. The average molecular weight is 1090 g/mol. The number of ether oxygens (including phenoxy) is 4. The fourth-order valence-corrected chi connectivity index (χ4v) is 9.64. The quantitative estimate of drug-likeness (QED) is 0.115. The third-order valence-electron chi connectivity index (χ3n) is 13.2. The molecule has 6 amide bonds. The first-order chi connectivity index (χ1) is 37.2. The fourth-order valence-electron chi connectivity index (χ4n) is 9.64. The predicted octanol–water partition coefficient (Wildman–Crippen LogP) is 9.15. The number of carbonyl (C=O) groups excluding carboxylic acids is 4. The van der Waals surface area contributed by atoms with Gasteiger partial charge in [0.1, 0.15) is 22.8 Å². The Kier molecular flexibility index (Phi) is 20.4. The summed E-state index contributed by atoms with van der Waals surface area (Å²) in [6.45, 7) is 24.4. The van der Waals surface area contributed by atoms with Gasteiger partial charge in [0.25, 0.3) is 0 Å². The molecule has 2 aromatic heterocycles. The topological polar surface area (TPSA) is 265 Å². The number of hydrogen-bond acceptors (Lipinski definition) is 16. The maximum Gasteiger partial charge on any atom is 0.410 e. The second kappa shape index (κ2) is 26.7. The fraction of sp³-hybridized carbons (Fsp3) is 0.544. The highest BCUT2D eigenvalue weighted by Crippen LogP contribution is 2.41. The predicted molar refractivity (Wildman–Crippen MR) is 302 cm³/mol. The van der Waals surface area contributed by atoms with Gasteiger partial charge < -0.3 is 50.0 Å². The van der Waals surface area contributed by atoms with E-state index in [0.717, 1.165) is 33.9 Å². The molecular formula is C57H78N14O8. The molecule has 0 radical (unpaired) electrons. The molecule has 0 spiro atoms. The van der Waals surface area contributed by atoms with E-state index in [2.05, 4.69) is 57.1 Å². The number of carbonyl (C=O) groups is 4. The second-order valence-corrected chi connectivity index (χ2v) is 21.4. The van der Waals surface area contributed by atoms with E-state index in [4.69, 9.17) is 38.9 Å². The Morgan fingerprint density at radius 1 is 0.608 bits per heavy atom. The van der Waals surface area contributed by atoms with Crippen LogP contribution in [0.2, 0.25) is 0 Å². The van der Waals surface area contributed by atoms with Gasteiger partial charge in [0.15, 0.2) is 11.6 Å². The summed E-state index contributed by atoms with van der Waals surface area (Å²) >= 11 is 0. The van der Waals surface area contributed by atoms with Gasteiger partial charge in [0, 0.05) is 72.9 Å². The molecule has 4 N–H and O–H groups in total. The molecule has 22 nitrogen and oxygen atoms in total. The number of hydrogen-bond donors (Lipinski definition) is 4. The molecule has 4 aliphatic rings. The van der Waals surface area contributed by atoms with Gasteiger partial charge in [-0.1, -0.05) is 7.43 Å². The Morgan fingerprint density at radius 2 is 0.975 bits per heavy atom. The van der Waals surface area contributed by atoms with E-state index < -0.39 is 35.5 Å². The number of nitrogens with one attached hydrogen (secondary N) is 4. The number of benzene rings is 2. The van der Waals surface area contributed by atoms with Gasteiger partial charge in [-0.3, -0.25) is 9.80 Å². The van der Waals surface area contributed by atoms with Crippen LogP contribution in [0.25, 0.3) is 22.8 Å². The lowest BCUT2D eigenvalue weighted by Gasteiger charge is -2.40. The molecule has 2 saturated heterocycles. The number of anilines is 4. The van der Waals surface area contributed by atoms with Crippen molar-refractivity contribution in [1.82, 2.24) is 40.4 Å². The Balaban J connectivity index is 0.000000252. The van der Waals surface area contributed by atoms with E-state index in [0.29, 0.717) is 113 Å². The summed E-state index contributed by atoms with van der Waals surface area (Å²) in [4.78, 5) is 77.7. The first-order valence-electron chi connectivity index (χ1n) is 26.8. The van der Waals surface area contributed by atoms with E-state index in [-0.39, 0.29) is 44.4 Å². The molecule has 2 fully saturated rings. The summed E-state index contributed by atoms with van der Waals surface area (Å²) in [5.74, 6) is 2.59. The molecule has 4 aliphatic heterocycles. The van der Waals surface area contributed by atoms with Crippen LogP contribution in [0.5, 0.6) is 0 Å². The number of urea groups is 2. The highest BCUT2D eigenvalue weighted by Gasteiger charge is 2.40. The lowest BCUT2D eigenvalue weighted by Crippen LogP contribution is -2.47. The number of amides is 6. The minimum atomic E-state index is -0.663. The molecule has 22 heteroatoms. The zero-order valence-electron chi connectivity index (χ0n) is 46.6. The van der Waals surface area contributed by atoms with Crippen molar-refractivity contribution in [3.8, 4) is 34.9 Å². The monoisotopic (exact) mass is 1090 g/mol. The molecule has 8 rings (SSSR count). The number of rotatable bonds is 10. The summed E-state index contributed by atoms with van der Waals surface area (Å²) in [6, 6.07) is 17.6. The van der Waals surface area contributed by atoms with Crippen LogP contribution >= 0.6 is 0 Å². The molecule has 4 aromatic rings. The molecular weight excluding hydrogens is 1010 g/mol. The lowest BCUT2D eigenvalue weighted by atomic mass is 9.95. The van der Waals surface area contributed by atoms with Crippen LogP contribution in [0.1, 0.15) is 124 Å². The summed E-state index contributed by atoms with van der Waals surface area (Å²) in [5.41, 5.74) is 4.69. The van der Waals surface area contributed by atoms with E-state index in [1.807, 2.05) is 79.7 Å². The smallest absolute Gasteiger partial charge is 0.410 e. The van der Waals surface area contributed by atoms with Gasteiger partial charge in [-0.15, -0.1) is 0 Å². The molecule has 79 heavy (non-hydrogen) atoms. The molecule has 2 unspecified atom stereocenters. The second-order valence-electron chi connectivity index (χ2n) is 21.4. The van der Waals surface area contributed by atoms with E-state index in [1.165, 1.54) is 0 Å². The van der Waals surface area contributed by atoms with Crippen LogP contribution in [0.4, 0.5) is 42.2 Å². The Bertz CT molecular complexity index is 2670. The van der Waals surface area contributed by atoms with E-state index in [9.17, 15) is 29.7 Å². The van der Waals surface area contributed by atoms with Crippen molar-refractivity contribution in [2.75, 3.05) is 86.1 Å². The molecule has 424 valence electrons. The third kappa shape index (κ3) is 15.3. The number of nitriles is 2. The van der Waals surface area contributed by atoms with Crippen molar-refractivity contribution in [3.63, 3.8) is 0 Å². The van der Waals surface area contributed by atoms with Gasteiger partial charge in [-0.25, -0.2) is 39.1 Å². The average Bonchev–Trinajstić information content (AvgIpc) is 3.56. The first kappa shape index (κ1) is 60.4. The van der Waals surface area contributed by atoms with Gasteiger partial charge in [0.2, 0.25) is 0 Å². The van der Waals surface area contributed by atoms with Crippen molar-refractivity contribution < 1.29 is 38.1 Å². The minimum Gasteiger partial charge on any atom is -0.444 e. The molecule has 0 aliphatic carbocycles. The first-order valence-corrected chi connectivity index (χ1v) is 26.8. The SMILES string of the molecule is C.CCNC(=O)Nc1ccc(-c2nc3c(c(N4CCOC[C@@H]4C)n2)CCN(C(=O)OC(C)(C)C)C3CC#N)cc1.CCNC(=O)Nc1ccc(-c2nc3c(c(N4CCOC[C@@H]4C)n2)CCN(C(=O)OC(C)(C)C)C3CC#N)cc1. The minimum absolute atomic E-state index is 0. The molecule has 0 bridgehead atoms. The van der Waals surface area contributed by atoms with Gasteiger partial charge in [0.05, 0.1) is 87.0 Å². The standard InChI is InChI=1S/2C28H37N7O4.CH4/c2*1-6-30-26(36)31-20-9-7-19(8-10-20)24-32-23-21(25(33-24)34-15-16-38-17-18(34)2)12-14-35(22(23)11-13-29)27(37)39-28(3,4)5;/h2*7-10,18,22H,6,11-12,14-17H2,1-5H3,(H2,30,31,36);1H4/t2*18-,22?;/m00./s1. The normalized spacial score (nSPS) is 18.8. The molecule has 4 atom stereocenters. The number of aromatic nitrogens is 4. The van der Waals surface area contributed by atoms with Gasteiger partial charge in [-0.05, 0) is 131 Å². The molecule has 2 aromatic carbocycles. The number of morpholine rings is 2. The highest BCUT2D eigenvalue weighted by molar-refractivity contribution is 5.90. The van der Waals surface area contributed by atoms with Crippen molar-refractivity contribution >= 4 is 47.3 Å². The van der Waals surface area contributed by atoms with E-state index >= 15 is 0 Å². The van der Waals surface area contributed by atoms with Gasteiger partial charge >= 0.3 is 24.2 Å². The zero-order chi connectivity index (χ0) is 56.3.